The number of rotatable bonds is 1. The third-order valence-corrected chi connectivity index (χ3v) is 3.13. The second-order valence-corrected chi connectivity index (χ2v) is 4.73. The predicted octanol–water partition coefficient (Wildman–Crippen LogP) is 0.567. The molecule has 14 heavy (non-hydrogen) atoms. The summed E-state index contributed by atoms with van der Waals surface area (Å²) in [4.78, 5) is 0. The van der Waals surface area contributed by atoms with Crippen LogP contribution in [0.3, 0.4) is 0 Å². The van der Waals surface area contributed by atoms with Crippen LogP contribution in [0.5, 0.6) is 0 Å². The third kappa shape index (κ3) is 1.60. The van der Waals surface area contributed by atoms with Crippen molar-refractivity contribution in [2.75, 3.05) is 6.61 Å². The first kappa shape index (κ1) is 10.5. The van der Waals surface area contributed by atoms with Gasteiger partial charge in [-0.25, -0.2) is 0 Å². The second-order valence-electron chi connectivity index (χ2n) is 4.73. The molecular weight excluding hydrogens is 182 g/mol. The average Bonchev–Trinajstić information content (AvgIpc) is 2.58. The van der Waals surface area contributed by atoms with E-state index in [9.17, 15) is 0 Å². The number of hydrogen-bond acceptors (Lipinski definition) is 4. The van der Waals surface area contributed by atoms with E-state index in [0.29, 0.717) is 6.61 Å². The Hall–Kier alpha value is -0.0301. The molecule has 0 aromatic rings. The van der Waals surface area contributed by atoms with Crippen molar-refractivity contribution in [3.05, 3.63) is 0 Å². The molecule has 0 amide bonds. The minimum Gasteiger partial charge on any atom is -0.411 e. The fraction of sp³-hybridized carbons (Fsp3) is 1.00. The SMILES string of the molecule is CC1(C)OB(C2CO[B]O2)OC1(C)C. The lowest BCUT2D eigenvalue weighted by atomic mass is 9.81. The summed E-state index contributed by atoms with van der Waals surface area (Å²) in [6.07, 6.45) is 0. The van der Waals surface area contributed by atoms with Gasteiger partial charge in [0.15, 0.2) is 0 Å². The van der Waals surface area contributed by atoms with E-state index in [1.807, 2.05) is 27.7 Å². The molecule has 2 rings (SSSR count). The monoisotopic (exact) mass is 197 g/mol. The molecule has 77 valence electrons. The van der Waals surface area contributed by atoms with Gasteiger partial charge < -0.3 is 18.6 Å². The maximum Gasteiger partial charge on any atom is 0.489 e. The van der Waals surface area contributed by atoms with Gasteiger partial charge in [0.1, 0.15) is 0 Å². The molecule has 1 unspecified atom stereocenters. The molecule has 0 N–H and O–H groups in total. The number of hydrogen-bond donors (Lipinski definition) is 0. The van der Waals surface area contributed by atoms with E-state index < -0.39 is 0 Å². The van der Waals surface area contributed by atoms with Gasteiger partial charge in [0.05, 0.1) is 23.8 Å². The summed E-state index contributed by atoms with van der Waals surface area (Å²) in [6, 6.07) is -0.143. The highest BCUT2D eigenvalue weighted by Gasteiger charge is 2.54. The molecular formula is C8H15B2O4. The Balaban J connectivity index is 2.05. The van der Waals surface area contributed by atoms with E-state index >= 15 is 0 Å². The molecule has 2 aliphatic heterocycles. The summed E-state index contributed by atoms with van der Waals surface area (Å²) < 4.78 is 21.8. The minimum atomic E-state index is -0.334. The van der Waals surface area contributed by atoms with Crippen molar-refractivity contribution < 1.29 is 18.6 Å². The first-order valence-corrected chi connectivity index (χ1v) is 4.87. The molecule has 4 nitrogen and oxygen atoms in total. The maximum absolute atomic E-state index is 5.80. The zero-order valence-corrected chi connectivity index (χ0v) is 9.07. The van der Waals surface area contributed by atoms with Crippen LogP contribution in [-0.2, 0) is 18.6 Å². The molecule has 2 aliphatic rings. The molecule has 1 atom stereocenters. The van der Waals surface area contributed by atoms with E-state index in [1.54, 1.807) is 0 Å². The van der Waals surface area contributed by atoms with Crippen LogP contribution in [0, 0.1) is 0 Å². The Bertz CT molecular complexity index is 209. The van der Waals surface area contributed by atoms with Crippen LogP contribution >= 0.6 is 0 Å². The zero-order chi connectivity index (χ0) is 10.4. The van der Waals surface area contributed by atoms with Gasteiger partial charge in [-0.15, -0.1) is 0 Å². The average molecular weight is 197 g/mol. The van der Waals surface area contributed by atoms with E-state index in [4.69, 9.17) is 18.6 Å². The van der Waals surface area contributed by atoms with Crippen LogP contribution in [0.25, 0.3) is 0 Å². The van der Waals surface area contributed by atoms with Crippen LogP contribution in [0.4, 0.5) is 0 Å². The smallest absolute Gasteiger partial charge is 0.411 e. The van der Waals surface area contributed by atoms with Gasteiger partial charge >= 0.3 is 14.8 Å². The first-order valence-electron chi connectivity index (χ1n) is 4.87. The van der Waals surface area contributed by atoms with Crippen molar-refractivity contribution in [2.45, 2.75) is 44.9 Å². The van der Waals surface area contributed by atoms with Crippen LogP contribution in [0.2, 0.25) is 0 Å². The van der Waals surface area contributed by atoms with Crippen LogP contribution in [0.1, 0.15) is 27.7 Å². The first-order chi connectivity index (χ1) is 6.42. The van der Waals surface area contributed by atoms with Crippen LogP contribution in [-0.4, -0.2) is 38.6 Å². The summed E-state index contributed by atoms with van der Waals surface area (Å²) >= 11 is 0. The molecule has 2 saturated heterocycles. The van der Waals surface area contributed by atoms with Gasteiger partial charge in [-0.3, -0.25) is 0 Å². The van der Waals surface area contributed by atoms with E-state index in [2.05, 4.69) is 0 Å². The van der Waals surface area contributed by atoms with Crippen molar-refractivity contribution in [3.8, 4) is 0 Å². The maximum atomic E-state index is 5.80. The quantitative estimate of drug-likeness (QED) is 0.575. The lowest BCUT2D eigenvalue weighted by Crippen LogP contribution is -2.41. The molecule has 0 aliphatic carbocycles. The fourth-order valence-electron chi connectivity index (χ4n) is 1.47. The Morgan fingerprint density at radius 2 is 1.71 bits per heavy atom. The molecule has 2 fully saturated rings. The standard InChI is InChI=1S/C8H15B2O4/c1-7(2)8(3,4)14-10(13-7)6-5-11-9-12-6/h6H,5H2,1-4H3. The molecule has 0 aromatic carbocycles. The summed E-state index contributed by atoms with van der Waals surface area (Å²) in [5.74, 6) is 0. The molecule has 2 heterocycles. The van der Waals surface area contributed by atoms with Crippen LogP contribution < -0.4 is 0 Å². The van der Waals surface area contributed by atoms with Gasteiger partial charge in [0, 0.05) is 0 Å². The van der Waals surface area contributed by atoms with Crippen molar-refractivity contribution in [2.24, 2.45) is 0 Å². The Morgan fingerprint density at radius 3 is 2.14 bits per heavy atom. The Kier molecular flexibility index (Phi) is 2.42. The summed E-state index contributed by atoms with van der Waals surface area (Å²) in [6.45, 7) is 8.58. The van der Waals surface area contributed by atoms with Gasteiger partial charge in [0.25, 0.3) is 0 Å². The molecule has 0 aromatic heterocycles. The van der Waals surface area contributed by atoms with Crippen LogP contribution in [0.15, 0.2) is 0 Å². The van der Waals surface area contributed by atoms with Gasteiger partial charge in [-0.1, -0.05) is 0 Å². The van der Waals surface area contributed by atoms with Crippen molar-refractivity contribution in [1.82, 2.24) is 0 Å². The normalized spacial score (nSPS) is 34.6. The van der Waals surface area contributed by atoms with Crippen molar-refractivity contribution in [1.29, 1.82) is 0 Å². The molecule has 0 bridgehead atoms. The molecule has 6 heteroatoms. The molecule has 1 radical (unpaired) electrons. The summed E-state index contributed by atoms with van der Waals surface area (Å²) in [5.41, 5.74) is -0.604. The summed E-state index contributed by atoms with van der Waals surface area (Å²) in [5, 5.41) is 0. The zero-order valence-electron chi connectivity index (χ0n) is 9.07. The third-order valence-electron chi connectivity index (χ3n) is 3.13. The topological polar surface area (TPSA) is 36.9 Å². The highest BCUT2D eigenvalue weighted by Crippen LogP contribution is 2.38. The predicted molar refractivity (Wildman–Crippen MR) is 52.7 cm³/mol. The van der Waals surface area contributed by atoms with Gasteiger partial charge in [0.2, 0.25) is 0 Å². The van der Waals surface area contributed by atoms with Crippen molar-refractivity contribution in [3.63, 3.8) is 0 Å². The van der Waals surface area contributed by atoms with E-state index in [0.717, 1.165) is 0 Å². The highest BCUT2D eigenvalue weighted by atomic mass is 16.7. The molecule has 0 spiro atoms. The highest BCUT2D eigenvalue weighted by molar-refractivity contribution is 6.48. The lowest BCUT2D eigenvalue weighted by molar-refractivity contribution is 0.00578. The lowest BCUT2D eigenvalue weighted by Gasteiger charge is -2.32. The fourth-order valence-corrected chi connectivity index (χ4v) is 1.47. The van der Waals surface area contributed by atoms with E-state index in [1.165, 1.54) is 7.69 Å². The largest absolute Gasteiger partial charge is 0.489 e. The second kappa shape index (κ2) is 3.23. The van der Waals surface area contributed by atoms with E-state index in [-0.39, 0.29) is 24.3 Å². The van der Waals surface area contributed by atoms with Gasteiger partial charge in [-0.2, -0.15) is 0 Å². The minimum absolute atomic E-state index is 0.143. The Labute approximate surface area is 85.7 Å². The van der Waals surface area contributed by atoms with Crippen molar-refractivity contribution >= 4 is 14.8 Å². The molecule has 0 saturated carbocycles. The summed E-state index contributed by atoms with van der Waals surface area (Å²) in [7, 11) is 1.01. The van der Waals surface area contributed by atoms with Gasteiger partial charge in [-0.05, 0) is 27.7 Å². The Morgan fingerprint density at radius 1 is 1.14 bits per heavy atom.